The summed E-state index contributed by atoms with van der Waals surface area (Å²) in [6.07, 6.45) is 0.438. The monoisotopic (exact) mass is 342 g/mol. The van der Waals surface area contributed by atoms with Crippen molar-refractivity contribution >= 4 is 17.9 Å². The van der Waals surface area contributed by atoms with Gasteiger partial charge in [-0.05, 0) is 26.2 Å². The molecule has 0 radical (unpaired) electrons. The Bertz CT molecular complexity index is 445. The van der Waals surface area contributed by atoms with E-state index in [1.54, 1.807) is 13.8 Å². The van der Waals surface area contributed by atoms with E-state index in [1.165, 1.54) is 0 Å². The van der Waals surface area contributed by atoms with E-state index < -0.39 is 36.2 Å². The first-order chi connectivity index (χ1) is 11.2. The van der Waals surface area contributed by atoms with Gasteiger partial charge in [-0.2, -0.15) is 0 Å². The van der Waals surface area contributed by atoms with E-state index in [4.69, 9.17) is 14.2 Å². The van der Waals surface area contributed by atoms with E-state index in [2.05, 4.69) is 0 Å². The topological polar surface area (TPSA) is 78.9 Å². The highest BCUT2D eigenvalue weighted by molar-refractivity contribution is 5.77. The Balaban J connectivity index is 3.02. The van der Waals surface area contributed by atoms with Gasteiger partial charge in [0.2, 0.25) is 0 Å². The number of carbonyl (C=O) groups is 3. The highest BCUT2D eigenvalue weighted by Gasteiger charge is 2.40. The standard InChI is InChI=1S/C18H30O6/c1-6-7-8-14-17(24-15(19)9-11(2)3)13(5)23-16(20)10-12(4)22-18(14)21/h11-14,17H,6-10H2,1-5H3/t12?,13?,14-,17?/m1/s1. The molecule has 1 heterocycles. The van der Waals surface area contributed by atoms with Crippen LogP contribution >= 0.6 is 0 Å². The van der Waals surface area contributed by atoms with Crippen molar-refractivity contribution in [3.8, 4) is 0 Å². The lowest BCUT2D eigenvalue weighted by Gasteiger charge is -2.29. The molecular weight excluding hydrogens is 312 g/mol. The van der Waals surface area contributed by atoms with Gasteiger partial charge in [-0.1, -0.05) is 33.6 Å². The fourth-order valence-electron chi connectivity index (χ4n) is 2.76. The summed E-state index contributed by atoms with van der Waals surface area (Å²) in [6, 6.07) is 0. The number of hydrogen-bond acceptors (Lipinski definition) is 6. The van der Waals surface area contributed by atoms with Gasteiger partial charge in [0, 0.05) is 6.42 Å². The Morgan fingerprint density at radius 2 is 1.92 bits per heavy atom. The van der Waals surface area contributed by atoms with Gasteiger partial charge >= 0.3 is 17.9 Å². The molecule has 0 aromatic carbocycles. The third-order valence-corrected chi connectivity index (χ3v) is 3.96. The summed E-state index contributed by atoms with van der Waals surface area (Å²) >= 11 is 0. The van der Waals surface area contributed by atoms with Gasteiger partial charge in [-0.3, -0.25) is 14.4 Å². The molecule has 0 bridgehead atoms. The normalized spacial score (nSPS) is 28.4. The highest BCUT2D eigenvalue weighted by atomic mass is 16.6. The van der Waals surface area contributed by atoms with E-state index in [0.29, 0.717) is 6.42 Å². The molecule has 1 rings (SSSR count). The van der Waals surface area contributed by atoms with Crippen LogP contribution in [0, 0.1) is 11.8 Å². The van der Waals surface area contributed by atoms with E-state index in [0.717, 1.165) is 12.8 Å². The fourth-order valence-corrected chi connectivity index (χ4v) is 2.76. The molecule has 0 spiro atoms. The van der Waals surface area contributed by atoms with Crippen LogP contribution in [0.1, 0.15) is 66.7 Å². The zero-order chi connectivity index (χ0) is 18.3. The smallest absolute Gasteiger partial charge is 0.313 e. The number of rotatable bonds is 6. The molecule has 0 aromatic rings. The molecule has 1 fully saturated rings. The maximum atomic E-state index is 12.5. The van der Waals surface area contributed by atoms with E-state index in [1.807, 2.05) is 20.8 Å². The van der Waals surface area contributed by atoms with Crippen molar-refractivity contribution in [1.82, 2.24) is 0 Å². The number of unbranched alkanes of at least 4 members (excludes halogenated alkanes) is 1. The largest absolute Gasteiger partial charge is 0.462 e. The number of cyclic esters (lactones) is 2. The van der Waals surface area contributed by atoms with E-state index >= 15 is 0 Å². The molecule has 138 valence electrons. The van der Waals surface area contributed by atoms with E-state index in [-0.39, 0.29) is 24.7 Å². The van der Waals surface area contributed by atoms with Crippen LogP contribution in [0.3, 0.4) is 0 Å². The van der Waals surface area contributed by atoms with Crippen LogP contribution in [0.25, 0.3) is 0 Å². The molecule has 1 aliphatic rings. The number of carbonyl (C=O) groups excluding carboxylic acids is 3. The molecule has 0 amide bonds. The maximum Gasteiger partial charge on any atom is 0.313 e. The van der Waals surface area contributed by atoms with Crippen LogP contribution in [-0.2, 0) is 28.6 Å². The van der Waals surface area contributed by atoms with Crippen molar-refractivity contribution in [1.29, 1.82) is 0 Å². The third kappa shape index (κ3) is 6.49. The molecule has 24 heavy (non-hydrogen) atoms. The molecule has 0 aliphatic carbocycles. The van der Waals surface area contributed by atoms with Crippen molar-refractivity contribution < 1.29 is 28.6 Å². The third-order valence-electron chi connectivity index (χ3n) is 3.96. The summed E-state index contributed by atoms with van der Waals surface area (Å²) in [7, 11) is 0. The van der Waals surface area contributed by atoms with Gasteiger partial charge in [-0.25, -0.2) is 0 Å². The lowest BCUT2D eigenvalue weighted by molar-refractivity contribution is -0.175. The Hall–Kier alpha value is -1.59. The Labute approximate surface area is 144 Å². The van der Waals surface area contributed by atoms with Gasteiger partial charge in [0.05, 0.1) is 12.3 Å². The second-order valence-corrected chi connectivity index (χ2v) is 6.95. The van der Waals surface area contributed by atoms with Crippen molar-refractivity contribution in [3.05, 3.63) is 0 Å². The highest BCUT2D eigenvalue weighted by Crippen LogP contribution is 2.26. The molecule has 0 N–H and O–H groups in total. The van der Waals surface area contributed by atoms with Gasteiger partial charge < -0.3 is 14.2 Å². The SMILES string of the molecule is CCCC[C@H]1C(=O)OC(C)CC(=O)OC(C)C1OC(=O)CC(C)C. The molecule has 1 aliphatic heterocycles. The second kappa shape index (κ2) is 9.64. The molecule has 3 unspecified atom stereocenters. The van der Waals surface area contributed by atoms with Crippen molar-refractivity contribution in [2.45, 2.75) is 85.0 Å². The van der Waals surface area contributed by atoms with Crippen molar-refractivity contribution in [2.24, 2.45) is 11.8 Å². The lowest BCUT2D eigenvalue weighted by atomic mass is 9.92. The number of hydrogen-bond donors (Lipinski definition) is 0. The summed E-state index contributed by atoms with van der Waals surface area (Å²) in [6.45, 7) is 9.17. The van der Waals surface area contributed by atoms with Crippen LogP contribution in [-0.4, -0.2) is 36.2 Å². The first-order valence-electron chi connectivity index (χ1n) is 8.84. The minimum absolute atomic E-state index is 0.00321. The van der Waals surface area contributed by atoms with Gasteiger partial charge in [0.25, 0.3) is 0 Å². The summed E-state index contributed by atoms with van der Waals surface area (Å²) in [5, 5.41) is 0. The van der Waals surface area contributed by atoms with Crippen LogP contribution in [0.15, 0.2) is 0 Å². The first kappa shape index (κ1) is 20.5. The van der Waals surface area contributed by atoms with Gasteiger partial charge in [0.1, 0.15) is 12.2 Å². The molecule has 0 aromatic heterocycles. The Morgan fingerprint density at radius 1 is 1.25 bits per heavy atom. The summed E-state index contributed by atoms with van der Waals surface area (Å²) in [4.78, 5) is 36.5. The second-order valence-electron chi connectivity index (χ2n) is 6.95. The summed E-state index contributed by atoms with van der Waals surface area (Å²) < 4.78 is 16.3. The van der Waals surface area contributed by atoms with Crippen LogP contribution in [0.5, 0.6) is 0 Å². The Kier molecular flexibility index (Phi) is 8.22. The Morgan fingerprint density at radius 3 is 2.50 bits per heavy atom. The van der Waals surface area contributed by atoms with Gasteiger partial charge in [-0.15, -0.1) is 0 Å². The average molecular weight is 342 g/mol. The predicted molar refractivity (Wildman–Crippen MR) is 88.1 cm³/mol. The molecule has 0 saturated carbocycles. The molecule has 1 saturated heterocycles. The summed E-state index contributed by atoms with van der Waals surface area (Å²) in [5.74, 6) is -1.75. The van der Waals surface area contributed by atoms with E-state index in [9.17, 15) is 14.4 Å². The molecular formula is C18H30O6. The van der Waals surface area contributed by atoms with Crippen molar-refractivity contribution in [3.63, 3.8) is 0 Å². The number of ether oxygens (including phenoxy) is 3. The molecule has 6 nitrogen and oxygen atoms in total. The summed E-state index contributed by atoms with van der Waals surface area (Å²) in [5.41, 5.74) is 0. The minimum atomic E-state index is -0.815. The van der Waals surface area contributed by atoms with Crippen LogP contribution in [0.4, 0.5) is 0 Å². The predicted octanol–water partition coefficient (Wildman–Crippen LogP) is 3.02. The molecule has 6 heteroatoms. The number of esters is 3. The minimum Gasteiger partial charge on any atom is -0.462 e. The van der Waals surface area contributed by atoms with Crippen molar-refractivity contribution in [2.75, 3.05) is 0 Å². The fraction of sp³-hybridized carbons (Fsp3) is 0.833. The average Bonchev–Trinajstić information content (AvgIpc) is 2.47. The zero-order valence-electron chi connectivity index (χ0n) is 15.4. The maximum absolute atomic E-state index is 12.5. The van der Waals surface area contributed by atoms with Gasteiger partial charge in [0.15, 0.2) is 6.10 Å². The quantitative estimate of drug-likeness (QED) is 0.545. The lowest BCUT2D eigenvalue weighted by Crippen LogP contribution is -2.42. The first-order valence-corrected chi connectivity index (χ1v) is 8.84. The molecule has 4 atom stereocenters. The zero-order valence-corrected chi connectivity index (χ0v) is 15.4. The van der Waals surface area contributed by atoms with Crippen LogP contribution in [0.2, 0.25) is 0 Å². The van der Waals surface area contributed by atoms with Crippen LogP contribution < -0.4 is 0 Å².